The summed E-state index contributed by atoms with van der Waals surface area (Å²) in [7, 11) is 0. The Hall–Kier alpha value is -5.24. The van der Waals surface area contributed by atoms with Gasteiger partial charge in [-0.2, -0.15) is 0 Å². The molecule has 0 radical (unpaired) electrons. The van der Waals surface area contributed by atoms with Gasteiger partial charge in [0.15, 0.2) is 0 Å². The number of rotatable bonds is 36. The first-order valence-electron chi connectivity index (χ1n) is 27.8. The Morgan fingerprint density at radius 1 is 0.411 bits per heavy atom. The van der Waals surface area contributed by atoms with Crippen molar-refractivity contribution < 1.29 is 9.47 Å². The van der Waals surface area contributed by atoms with Crippen molar-refractivity contribution in [2.75, 3.05) is 52.5 Å². The fraction of sp³-hybridized carbons (Fsp3) is 0.403. The van der Waals surface area contributed by atoms with Gasteiger partial charge in [-0.25, -0.2) is 0 Å². The fourth-order valence-electron chi connectivity index (χ4n) is 11.0. The highest BCUT2D eigenvalue weighted by molar-refractivity contribution is 7.19. The second-order valence-corrected chi connectivity index (χ2v) is 22.3. The van der Waals surface area contributed by atoms with Crippen LogP contribution in [-0.4, -0.2) is 62.3 Å². The van der Waals surface area contributed by atoms with Gasteiger partial charge >= 0.3 is 0 Å². The Bertz CT molecular complexity index is 2420. The Morgan fingerprint density at radius 2 is 0.740 bits per heavy atom. The van der Waals surface area contributed by atoms with E-state index in [-0.39, 0.29) is 5.41 Å². The summed E-state index contributed by atoms with van der Waals surface area (Å²) in [5, 5.41) is 0. The second kappa shape index (κ2) is 29.6. The predicted octanol–water partition coefficient (Wildman–Crippen LogP) is 19.1. The summed E-state index contributed by atoms with van der Waals surface area (Å²) in [6.07, 6.45) is 27.2. The Kier molecular flexibility index (Phi) is 22.5. The van der Waals surface area contributed by atoms with Crippen molar-refractivity contribution in [3.63, 3.8) is 0 Å². The smallest absolute Gasteiger partial charge is 0.119 e. The minimum atomic E-state index is -0.00984. The number of ether oxygens (including phenoxy) is 2. The fourth-order valence-corrected chi connectivity index (χ4v) is 13.0. The van der Waals surface area contributed by atoms with Gasteiger partial charge in [-0.1, -0.05) is 127 Å². The van der Waals surface area contributed by atoms with Crippen molar-refractivity contribution >= 4 is 22.7 Å². The molecule has 0 bridgehead atoms. The zero-order valence-electron chi connectivity index (χ0n) is 44.5. The van der Waals surface area contributed by atoms with Crippen molar-refractivity contribution in [2.24, 2.45) is 0 Å². The maximum absolute atomic E-state index is 6.17. The molecule has 0 aliphatic heterocycles. The zero-order valence-corrected chi connectivity index (χ0v) is 46.2. The number of hydrogen-bond donors (Lipinski definition) is 0. The monoisotopic (exact) mass is 1010 g/mol. The average molecular weight is 1010 g/mol. The highest BCUT2D eigenvalue weighted by Crippen LogP contribution is 2.56. The summed E-state index contributed by atoms with van der Waals surface area (Å²) >= 11 is 3.78. The molecule has 6 heteroatoms. The summed E-state index contributed by atoms with van der Waals surface area (Å²) in [6.45, 7) is 27.8. The second-order valence-electron chi connectivity index (χ2n) is 20.1. The van der Waals surface area contributed by atoms with Crippen molar-refractivity contribution in [3.05, 3.63) is 171 Å². The summed E-state index contributed by atoms with van der Waals surface area (Å²) in [6, 6.07) is 41.3. The number of thiophene rings is 2. The molecule has 6 aromatic rings. The maximum Gasteiger partial charge on any atom is 0.119 e. The van der Waals surface area contributed by atoms with Crippen LogP contribution < -0.4 is 9.47 Å². The van der Waals surface area contributed by atoms with E-state index in [0.29, 0.717) is 0 Å². The van der Waals surface area contributed by atoms with E-state index >= 15 is 0 Å². The first-order chi connectivity index (χ1) is 35.9. The van der Waals surface area contributed by atoms with Crippen molar-refractivity contribution in [1.82, 2.24) is 9.80 Å². The largest absolute Gasteiger partial charge is 0.494 e. The predicted molar refractivity (Wildman–Crippen MR) is 320 cm³/mol. The lowest BCUT2D eigenvalue weighted by Gasteiger charge is -2.32. The van der Waals surface area contributed by atoms with Gasteiger partial charge in [0.1, 0.15) is 11.5 Å². The van der Waals surface area contributed by atoms with E-state index in [4.69, 9.17) is 9.47 Å². The first kappa shape index (κ1) is 55.5. The van der Waals surface area contributed by atoms with E-state index in [9.17, 15) is 0 Å². The van der Waals surface area contributed by atoms with Crippen molar-refractivity contribution in [3.8, 4) is 64.4 Å². The highest BCUT2D eigenvalue weighted by Gasteiger charge is 2.42. The van der Waals surface area contributed by atoms with E-state index in [1.807, 2.05) is 47.0 Å². The number of nitrogens with zero attached hydrogens (tertiary/aromatic N) is 2. The molecular weight excluding hydrogens is 929 g/mol. The van der Waals surface area contributed by atoms with Gasteiger partial charge in [0.2, 0.25) is 0 Å². The summed E-state index contributed by atoms with van der Waals surface area (Å²) in [5.74, 6) is 1.91. The molecule has 1 aliphatic carbocycles. The molecule has 2 aromatic heterocycles. The van der Waals surface area contributed by atoms with Crippen LogP contribution >= 0.6 is 22.7 Å². The Labute approximate surface area is 449 Å². The molecule has 0 atom stereocenters. The molecule has 0 spiro atoms. The maximum atomic E-state index is 6.17. The molecule has 386 valence electrons. The van der Waals surface area contributed by atoms with Gasteiger partial charge < -0.3 is 9.47 Å². The van der Waals surface area contributed by atoms with Gasteiger partial charge in [0.05, 0.1) is 13.2 Å². The Balaban J connectivity index is 0.916. The molecule has 2 heterocycles. The molecule has 4 aromatic carbocycles. The van der Waals surface area contributed by atoms with Crippen LogP contribution in [0.25, 0.3) is 52.9 Å². The molecule has 0 N–H and O–H groups in total. The molecule has 0 amide bonds. The van der Waals surface area contributed by atoms with Crippen LogP contribution in [0.15, 0.2) is 160 Å². The third-order valence-electron chi connectivity index (χ3n) is 14.6. The normalized spacial score (nSPS) is 12.5. The molecule has 4 nitrogen and oxygen atoms in total. The number of hydrogen-bond acceptors (Lipinski definition) is 6. The zero-order chi connectivity index (χ0) is 51.1. The summed E-state index contributed by atoms with van der Waals surface area (Å²) in [4.78, 5) is 10.0. The molecule has 0 saturated carbocycles. The summed E-state index contributed by atoms with van der Waals surface area (Å²) < 4.78 is 12.3. The highest BCUT2D eigenvalue weighted by atomic mass is 32.1. The molecule has 7 rings (SSSR count). The van der Waals surface area contributed by atoms with Crippen LogP contribution in [0.4, 0.5) is 0 Å². The SMILES string of the molecule is C=CCN(CC=C)CCCCCCCCOc1ccc(-c2ccc(-c3ccc4c(c3)C(CCC)(CCC)c3cc(-c5ccc(-c6ccc(OCCCCCCCCN(CC=C)CC=C)cc6)s5)ccc3-4)s2)cc1. The lowest BCUT2D eigenvalue weighted by molar-refractivity contribution is 0.302. The molecular formula is C67H84N2O2S2. The van der Waals surface area contributed by atoms with E-state index in [1.54, 1.807) is 0 Å². The number of unbranched alkanes of at least 4 members (excludes halogenated alkanes) is 10. The molecule has 0 fully saturated rings. The van der Waals surface area contributed by atoms with Crippen LogP contribution in [0.2, 0.25) is 0 Å². The lowest BCUT2D eigenvalue weighted by atomic mass is 9.71. The van der Waals surface area contributed by atoms with Crippen LogP contribution in [0.1, 0.15) is 128 Å². The molecule has 73 heavy (non-hydrogen) atoms. The van der Waals surface area contributed by atoms with E-state index in [2.05, 4.69) is 159 Å². The topological polar surface area (TPSA) is 24.9 Å². The quantitative estimate of drug-likeness (QED) is 0.0289. The van der Waals surface area contributed by atoms with Gasteiger partial charge in [-0.05, 0) is 181 Å². The number of fused-ring (bicyclic) bond motifs is 3. The minimum absolute atomic E-state index is 0.00984. The van der Waals surface area contributed by atoms with Gasteiger partial charge in [0.25, 0.3) is 0 Å². The third-order valence-corrected chi connectivity index (χ3v) is 17.0. The van der Waals surface area contributed by atoms with Crippen LogP contribution in [0.5, 0.6) is 11.5 Å². The van der Waals surface area contributed by atoms with E-state index in [0.717, 1.165) is 103 Å². The molecule has 0 saturated heterocycles. The van der Waals surface area contributed by atoms with Gasteiger partial charge in [-0.15, -0.1) is 49.0 Å². The van der Waals surface area contributed by atoms with E-state index < -0.39 is 0 Å². The van der Waals surface area contributed by atoms with Crippen LogP contribution in [0.3, 0.4) is 0 Å². The minimum Gasteiger partial charge on any atom is -0.494 e. The third kappa shape index (κ3) is 15.4. The van der Waals surface area contributed by atoms with Gasteiger partial charge in [0, 0.05) is 51.1 Å². The van der Waals surface area contributed by atoms with Gasteiger partial charge in [-0.3, -0.25) is 9.80 Å². The van der Waals surface area contributed by atoms with Crippen LogP contribution in [0, 0.1) is 0 Å². The van der Waals surface area contributed by atoms with Crippen molar-refractivity contribution in [1.29, 1.82) is 0 Å². The summed E-state index contributed by atoms with van der Waals surface area (Å²) in [5.41, 5.74) is 10.9. The average Bonchev–Trinajstić information content (AvgIpc) is 4.17. The molecule has 0 unspecified atom stereocenters. The standard InChI is InChI=1S/C67H84N2O2S2/c1-7-41-67(42-8-2)61-51-55(65-39-37-63(72-65)53-25-31-57(32-26-53)70-49-23-19-15-13-17-21-47-68(43-9-3)44-10-4)29-35-59(61)60-36-30-56(52-62(60)67)66-40-38-64(73-66)54-27-33-58(34-28-54)71-50-24-20-16-14-18-22-48-69(45-11-5)46-12-6/h9-12,25-40,51-52H,3-8,13-24,41-50H2,1-2H3. The Morgan fingerprint density at radius 3 is 1.10 bits per heavy atom. The first-order valence-corrected chi connectivity index (χ1v) is 29.4. The van der Waals surface area contributed by atoms with Crippen molar-refractivity contribution in [2.45, 2.75) is 122 Å². The molecule has 1 aliphatic rings. The lowest BCUT2D eigenvalue weighted by Crippen LogP contribution is -2.25. The number of benzene rings is 4. The van der Waals surface area contributed by atoms with E-state index in [1.165, 1.54) is 128 Å². The van der Waals surface area contributed by atoms with Crippen LogP contribution in [-0.2, 0) is 5.41 Å².